The highest BCUT2D eigenvalue weighted by atomic mass is 16.6. The van der Waals surface area contributed by atoms with Crippen LogP contribution in [0.3, 0.4) is 0 Å². The Hall–Kier alpha value is -3.01. The zero-order valence-corrected chi connectivity index (χ0v) is 10.8. The van der Waals surface area contributed by atoms with Crippen LogP contribution in [0.15, 0.2) is 18.2 Å². The number of pyridine rings is 1. The molecule has 0 atom stereocenters. The van der Waals surface area contributed by atoms with Crippen LogP contribution in [-0.2, 0) is 0 Å². The third kappa shape index (κ3) is 1.45. The molecule has 98 valence electrons. The molecule has 0 unspecified atom stereocenters. The highest BCUT2D eigenvalue weighted by Gasteiger charge is 2.21. The number of nitro groups is 1. The molecule has 0 aliphatic rings. The predicted octanol–water partition coefficient (Wildman–Crippen LogP) is 2.28. The van der Waals surface area contributed by atoms with Gasteiger partial charge >= 0.3 is 0 Å². The summed E-state index contributed by atoms with van der Waals surface area (Å²) in [6.07, 6.45) is 0. The molecule has 0 saturated heterocycles. The quantitative estimate of drug-likeness (QED) is 0.497. The Labute approximate surface area is 113 Å². The molecule has 0 N–H and O–H groups in total. The number of hydrogen-bond acceptors (Lipinski definition) is 5. The lowest BCUT2D eigenvalue weighted by atomic mass is 10.0. The second-order valence-corrected chi connectivity index (χ2v) is 4.42. The highest BCUT2D eigenvalue weighted by molar-refractivity contribution is 6.03. The minimum Gasteiger partial charge on any atom is -0.258 e. The van der Waals surface area contributed by atoms with Crippen molar-refractivity contribution >= 4 is 22.1 Å². The SMILES string of the molecule is Cc1nc2c3cccc([N+](=O)[O-])c3c(C#N)c(C)n2n1. The lowest BCUT2D eigenvalue weighted by Crippen LogP contribution is -2.01. The predicted molar refractivity (Wildman–Crippen MR) is 71.3 cm³/mol. The van der Waals surface area contributed by atoms with Crippen molar-refractivity contribution in [2.24, 2.45) is 0 Å². The van der Waals surface area contributed by atoms with Crippen molar-refractivity contribution in [3.63, 3.8) is 0 Å². The fraction of sp³-hybridized carbons (Fsp3) is 0.154. The maximum absolute atomic E-state index is 11.2. The van der Waals surface area contributed by atoms with Gasteiger partial charge in [0.05, 0.1) is 21.6 Å². The summed E-state index contributed by atoms with van der Waals surface area (Å²) in [4.78, 5) is 15.0. The molecule has 0 aliphatic heterocycles. The van der Waals surface area contributed by atoms with Gasteiger partial charge in [-0.25, -0.2) is 9.50 Å². The maximum Gasteiger partial charge on any atom is 0.278 e. The largest absolute Gasteiger partial charge is 0.278 e. The van der Waals surface area contributed by atoms with Gasteiger partial charge in [-0.3, -0.25) is 10.1 Å². The van der Waals surface area contributed by atoms with E-state index in [0.717, 1.165) is 0 Å². The normalized spacial score (nSPS) is 10.8. The van der Waals surface area contributed by atoms with Crippen LogP contribution < -0.4 is 0 Å². The molecule has 20 heavy (non-hydrogen) atoms. The zero-order valence-electron chi connectivity index (χ0n) is 10.8. The summed E-state index contributed by atoms with van der Waals surface area (Å²) < 4.78 is 1.56. The van der Waals surface area contributed by atoms with E-state index in [9.17, 15) is 15.4 Å². The van der Waals surface area contributed by atoms with Crippen LogP contribution >= 0.6 is 0 Å². The summed E-state index contributed by atoms with van der Waals surface area (Å²) in [7, 11) is 0. The molecule has 7 nitrogen and oxygen atoms in total. The topological polar surface area (TPSA) is 97.1 Å². The first-order chi connectivity index (χ1) is 9.54. The molecule has 0 fully saturated rings. The summed E-state index contributed by atoms with van der Waals surface area (Å²) in [6, 6.07) is 6.73. The van der Waals surface area contributed by atoms with Crippen LogP contribution in [0.25, 0.3) is 16.4 Å². The number of rotatable bonds is 1. The van der Waals surface area contributed by atoms with Gasteiger partial charge in [-0.1, -0.05) is 12.1 Å². The lowest BCUT2D eigenvalue weighted by Gasteiger charge is -2.07. The summed E-state index contributed by atoms with van der Waals surface area (Å²) in [5, 5.41) is 25.6. The van der Waals surface area contributed by atoms with Crippen LogP contribution in [0.1, 0.15) is 17.1 Å². The fourth-order valence-corrected chi connectivity index (χ4v) is 2.39. The van der Waals surface area contributed by atoms with Crippen molar-refractivity contribution in [2.75, 3.05) is 0 Å². The molecule has 3 aromatic rings. The second-order valence-electron chi connectivity index (χ2n) is 4.42. The lowest BCUT2D eigenvalue weighted by molar-refractivity contribution is -0.383. The Morgan fingerprint density at radius 3 is 2.80 bits per heavy atom. The minimum absolute atomic E-state index is 0.0923. The third-order valence-corrected chi connectivity index (χ3v) is 3.23. The number of fused-ring (bicyclic) bond motifs is 3. The molecule has 0 spiro atoms. The van der Waals surface area contributed by atoms with E-state index in [0.29, 0.717) is 27.9 Å². The molecule has 3 rings (SSSR count). The van der Waals surface area contributed by atoms with Crippen LogP contribution in [0.4, 0.5) is 5.69 Å². The number of nitro benzene ring substituents is 1. The number of non-ortho nitro benzene ring substituents is 1. The van der Waals surface area contributed by atoms with E-state index in [2.05, 4.69) is 10.1 Å². The van der Waals surface area contributed by atoms with Gasteiger partial charge in [0.25, 0.3) is 5.69 Å². The molecule has 7 heteroatoms. The summed E-state index contributed by atoms with van der Waals surface area (Å²) >= 11 is 0. The van der Waals surface area contributed by atoms with Crippen molar-refractivity contribution in [3.8, 4) is 6.07 Å². The Kier molecular flexibility index (Phi) is 2.41. The molecule has 1 aromatic carbocycles. The Bertz CT molecular complexity index is 920. The molecule has 0 amide bonds. The highest BCUT2D eigenvalue weighted by Crippen LogP contribution is 2.32. The monoisotopic (exact) mass is 267 g/mol. The van der Waals surface area contributed by atoms with Gasteiger partial charge < -0.3 is 0 Å². The number of aromatic nitrogens is 3. The average Bonchev–Trinajstić information content (AvgIpc) is 2.81. The number of benzene rings is 1. The van der Waals surface area contributed by atoms with Crippen LogP contribution in [0, 0.1) is 35.3 Å². The van der Waals surface area contributed by atoms with Crippen molar-refractivity contribution < 1.29 is 4.92 Å². The van der Waals surface area contributed by atoms with Crippen LogP contribution in [0.2, 0.25) is 0 Å². The molecule has 2 heterocycles. The molecule has 2 aromatic heterocycles. The van der Waals surface area contributed by atoms with Gasteiger partial charge in [0, 0.05) is 11.5 Å². The van der Waals surface area contributed by atoms with E-state index in [1.165, 1.54) is 6.07 Å². The average molecular weight is 267 g/mol. The second kappa shape index (κ2) is 3.99. The van der Waals surface area contributed by atoms with Gasteiger partial charge in [-0.05, 0) is 13.8 Å². The first-order valence-electron chi connectivity index (χ1n) is 5.87. The van der Waals surface area contributed by atoms with Gasteiger partial charge in [-0.2, -0.15) is 10.4 Å². The van der Waals surface area contributed by atoms with E-state index >= 15 is 0 Å². The van der Waals surface area contributed by atoms with Gasteiger partial charge in [0.1, 0.15) is 11.9 Å². The Morgan fingerprint density at radius 2 is 2.15 bits per heavy atom. The molecular weight excluding hydrogens is 258 g/mol. The summed E-state index contributed by atoms with van der Waals surface area (Å²) in [5.74, 6) is 0.552. The van der Waals surface area contributed by atoms with E-state index in [1.807, 2.05) is 6.07 Å². The molecule has 0 aliphatic carbocycles. The van der Waals surface area contributed by atoms with Gasteiger partial charge in [0.15, 0.2) is 5.65 Å². The van der Waals surface area contributed by atoms with Crippen LogP contribution in [-0.4, -0.2) is 19.5 Å². The molecule has 0 radical (unpaired) electrons. The molecular formula is C13H9N5O2. The first-order valence-corrected chi connectivity index (χ1v) is 5.87. The molecule has 0 saturated carbocycles. The van der Waals surface area contributed by atoms with E-state index in [4.69, 9.17) is 0 Å². The number of nitrogens with zero attached hydrogens (tertiary/aromatic N) is 5. The minimum atomic E-state index is -0.484. The van der Waals surface area contributed by atoms with E-state index < -0.39 is 4.92 Å². The Balaban J connectivity index is 2.69. The number of aryl methyl sites for hydroxylation is 2. The third-order valence-electron chi connectivity index (χ3n) is 3.23. The number of nitriles is 1. The maximum atomic E-state index is 11.2. The number of hydrogen-bond donors (Lipinski definition) is 0. The van der Waals surface area contributed by atoms with Crippen molar-refractivity contribution in [1.29, 1.82) is 5.26 Å². The standard InChI is InChI=1S/C13H9N5O2/c1-7-10(6-14)12-9(4-3-5-11(12)18(19)20)13-15-8(2)16-17(7)13/h3-5H,1-2H3. The molecule has 0 bridgehead atoms. The van der Waals surface area contributed by atoms with Gasteiger partial charge in [-0.15, -0.1) is 0 Å². The van der Waals surface area contributed by atoms with Crippen molar-refractivity contribution in [3.05, 3.63) is 45.4 Å². The van der Waals surface area contributed by atoms with Gasteiger partial charge in [0.2, 0.25) is 0 Å². The zero-order chi connectivity index (χ0) is 14.4. The van der Waals surface area contributed by atoms with Crippen molar-refractivity contribution in [1.82, 2.24) is 14.6 Å². The fourth-order valence-electron chi connectivity index (χ4n) is 2.39. The van der Waals surface area contributed by atoms with E-state index in [-0.39, 0.29) is 11.3 Å². The van der Waals surface area contributed by atoms with Crippen LogP contribution in [0.5, 0.6) is 0 Å². The first kappa shape index (κ1) is 12.0. The smallest absolute Gasteiger partial charge is 0.258 e. The van der Waals surface area contributed by atoms with E-state index in [1.54, 1.807) is 30.5 Å². The van der Waals surface area contributed by atoms with Crippen molar-refractivity contribution in [2.45, 2.75) is 13.8 Å². The summed E-state index contributed by atoms with van der Waals surface area (Å²) in [6.45, 7) is 3.44. The summed E-state index contributed by atoms with van der Waals surface area (Å²) in [5.41, 5.74) is 1.23. The Morgan fingerprint density at radius 1 is 1.40 bits per heavy atom.